The highest BCUT2D eigenvalue weighted by atomic mass is 16.5. The van der Waals surface area contributed by atoms with E-state index in [2.05, 4.69) is 4.98 Å². The third kappa shape index (κ3) is 3.85. The Bertz CT molecular complexity index is 820. The van der Waals surface area contributed by atoms with Crippen molar-refractivity contribution in [3.8, 4) is 11.6 Å². The van der Waals surface area contributed by atoms with Crippen molar-refractivity contribution in [3.05, 3.63) is 23.2 Å². The number of aryl methyl sites for hydroxylation is 1. The van der Waals surface area contributed by atoms with E-state index in [0.29, 0.717) is 38.1 Å². The van der Waals surface area contributed by atoms with Crippen LogP contribution in [0.1, 0.15) is 56.0 Å². The first kappa shape index (κ1) is 19.2. The van der Waals surface area contributed by atoms with Crippen molar-refractivity contribution >= 4 is 5.91 Å². The van der Waals surface area contributed by atoms with Crippen molar-refractivity contribution < 1.29 is 13.9 Å². The van der Waals surface area contributed by atoms with Gasteiger partial charge in [-0.3, -0.25) is 9.48 Å². The van der Waals surface area contributed by atoms with E-state index in [1.54, 1.807) is 6.20 Å². The van der Waals surface area contributed by atoms with E-state index in [1.165, 1.54) is 25.0 Å². The van der Waals surface area contributed by atoms with Crippen molar-refractivity contribution in [1.29, 1.82) is 0 Å². The summed E-state index contributed by atoms with van der Waals surface area (Å²) >= 11 is 0. The number of nitrogens with zero attached hydrogens (tertiary/aromatic N) is 4. The summed E-state index contributed by atoms with van der Waals surface area (Å²) in [6.07, 6.45) is 8.19. The monoisotopic (exact) mass is 386 g/mol. The quantitative estimate of drug-likeness (QED) is 0.712. The lowest BCUT2D eigenvalue weighted by Crippen LogP contribution is -2.40. The topological polar surface area (TPSA) is 73.4 Å². The van der Waals surface area contributed by atoms with Gasteiger partial charge in [-0.05, 0) is 26.7 Å². The number of carbonyl (C=O) groups is 1. The molecule has 0 saturated heterocycles. The number of carbonyl (C=O) groups excluding carboxylic acids is 1. The molecule has 3 heterocycles. The summed E-state index contributed by atoms with van der Waals surface area (Å²) in [5.41, 5.74) is 3.02. The fourth-order valence-electron chi connectivity index (χ4n) is 4.40. The van der Waals surface area contributed by atoms with Gasteiger partial charge in [0.25, 0.3) is 0 Å². The van der Waals surface area contributed by atoms with Gasteiger partial charge in [0, 0.05) is 43.3 Å². The molecule has 1 amide bonds. The van der Waals surface area contributed by atoms with Gasteiger partial charge in [0.05, 0.1) is 19.3 Å². The minimum Gasteiger partial charge on any atom is -0.440 e. The van der Waals surface area contributed by atoms with Gasteiger partial charge in [-0.1, -0.05) is 19.3 Å². The lowest BCUT2D eigenvalue weighted by Gasteiger charge is -2.32. The Morgan fingerprint density at radius 2 is 2.14 bits per heavy atom. The minimum atomic E-state index is 0.190. The molecule has 0 atom stereocenters. The molecule has 2 aromatic heterocycles. The number of hydrogen-bond acceptors (Lipinski definition) is 5. The molecule has 1 aliphatic heterocycles. The number of rotatable bonds is 6. The number of hydrogen-bond donors (Lipinski definition) is 0. The molecule has 0 bridgehead atoms. The smallest absolute Gasteiger partial charge is 0.247 e. The van der Waals surface area contributed by atoms with Gasteiger partial charge in [0.2, 0.25) is 11.8 Å². The van der Waals surface area contributed by atoms with Gasteiger partial charge in [-0.2, -0.15) is 5.10 Å². The average Bonchev–Trinajstić information content (AvgIpc) is 3.31. The van der Waals surface area contributed by atoms with Crippen molar-refractivity contribution in [2.24, 2.45) is 5.92 Å². The molecule has 7 nitrogen and oxygen atoms in total. The van der Waals surface area contributed by atoms with E-state index in [1.807, 2.05) is 23.4 Å². The molecule has 0 unspecified atom stereocenters. The van der Waals surface area contributed by atoms with Crippen molar-refractivity contribution in [2.45, 2.75) is 65.5 Å². The maximum absolute atomic E-state index is 13.1. The predicted octanol–water partition coefficient (Wildman–Crippen LogP) is 3.35. The minimum absolute atomic E-state index is 0.190. The number of amides is 1. The molecular weight excluding hydrogens is 356 g/mol. The van der Waals surface area contributed by atoms with E-state index in [4.69, 9.17) is 14.3 Å². The third-order valence-electron chi connectivity index (χ3n) is 5.88. The first-order valence-electron chi connectivity index (χ1n) is 10.5. The molecule has 0 N–H and O–H groups in total. The number of aromatic nitrogens is 3. The standard InChI is InChI=1S/C21H30N4O3/c1-3-27-12-11-25-18-9-10-24(21(26)16-7-5-4-6-8-16)14-17(18)19(23-25)20-22-13-15(2)28-20/h13,16H,3-12,14H2,1-2H3. The summed E-state index contributed by atoms with van der Waals surface area (Å²) in [6, 6.07) is 0. The van der Waals surface area contributed by atoms with E-state index < -0.39 is 0 Å². The summed E-state index contributed by atoms with van der Waals surface area (Å²) in [4.78, 5) is 19.5. The van der Waals surface area contributed by atoms with Crippen LogP contribution in [0.15, 0.2) is 10.6 Å². The molecule has 2 aromatic rings. The molecule has 0 radical (unpaired) electrons. The normalized spacial score (nSPS) is 17.7. The Morgan fingerprint density at radius 3 is 2.86 bits per heavy atom. The van der Waals surface area contributed by atoms with Crippen LogP contribution in [0.4, 0.5) is 0 Å². The van der Waals surface area contributed by atoms with Crippen LogP contribution < -0.4 is 0 Å². The highest BCUT2D eigenvalue weighted by Crippen LogP contribution is 2.32. The molecule has 152 valence electrons. The van der Waals surface area contributed by atoms with Crippen molar-refractivity contribution in [1.82, 2.24) is 19.7 Å². The van der Waals surface area contributed by atoms with Crippen LogP contribution in [0.25, 0.3) is 11.6 Å². The van der Waals surface area contributed by atoms with E-state index in [0.717, 1.165) is 42.8 Å². The SMILES string of the molecule is CCOCCn1nc(-c2ncc(C)o2)c2c1CCN(C(=O)C1CCCCC1)C2. The molecule has 0 spiro atoms. The average molecular weight is 386 g/mol. The zero-order valence-electron chi connectivity index (χ0n) is 16.9. The summed E-state index contributed by atoms with van der Waals surface area (Å²) < 4.78 is 13.3. The number of fused-ring (bicyclic) bond motifs is 1. The fourth-order valence-corrected chi connectivity index (χ4v) is 4.40. The molecule has 7 heteroatoms. The van der Waals surface area contributed by atoms with Crippen LogP contribution in [0.2, 0.25) is 0 Å². The van der Waals surface area contributed by atoms with Gasteiger partial charge in [-0.25, -0.2) is 4.98 Å². The van der Waals surface area contributed by atoms with Gasteiger partial charge in [0.1, 0.15) is 5.76 Å². The summed E-state index contributed by atoms with van der Waals surface area (Å²) in [6.45, 7) is 7.25. The van der Waals surface area contributed by atoms with E-state index in [9.17, 15) is 4.79 Å². The van der Waals surface area contributed by atoms with Gasteiger partial charge in [-0.15, -0.1) is 0 Å². The predicted molar refractivity (Wildman–Crippen MR) is 105 cm³/mol. The zero-order valence-corrected chi connectivity index (χ0v) is 16.9. The first-order chi connectivity index (χ1) is 13.7. The summed E-state index contributed by atoms with van der Waals surface area (Å²) in [7, 11) is 0. The second-order valence-electron chi connectivity index (χ2n) is 7.81. The van der Waals surface area contributed by atoms with E-state index in [-0.39, 0.29) is 5.92 Å². The van der Waals surface area contributed by atoms with Crippen LogP contribution in [-0.2, 0) is 29.0 Å². The molecule has 0 aromatic carbocycles. The highest BCUT2D eigenvalue weighted by molar-refractivity contribution is 5.79. The molecule has 1 saturated carbocycles. The van der Waals surface area contributed by atoms with Crippen LogP contribution >= 0.6 is 0 Å². The summed E-state index contributed by atoms with van der Waals surface area (Å²) in [5, 5.41) is 4.80. The number of oxazole rings is 1. The molecular formula is C21H30N4O3. The highest BCUT2D eigenvalue weighted by Gasteiger charge is 2.32. The largest absolute Gasteiger partial charge is 0.440 e. The molecule has 1 aliphatic carbocycles. The Kier molecular flexibility index (Phi) is 5.80. The van der Waals surface area contributed by atoms with Crippen LogP contribution in [-0.4, -0.2) is 45.3 Å². The van der Waals surface area contributed by atoms with Gasteiger partial charge in [0.15, 0.2) is 5.69 Å². The van der Waals surface area contributed by atoms with Gasteiger partial charge >= 0.3 is 0 Å². The van der Waals surface area contributed by atoms with Crippen LogP contribution in [0, 0.1) is 12.8 Å². The van der Waals surface area contributed by atoms with Crippen LogP contribution in [0.5, 0.6) is 0 Å². The molecule has 28 heavy (non-hydrogen) atoms. The lowest BCUT2D eigenvalue weighted by molar-refractivity contribution is -0.137. The Morgan fingerprint density at radius 1 is 1.32 bits per heavy atom. The zero-order chi connectivity index (χ0) is 19.5. The fraction of sp³-hybridized carbons (Fsp3) is 0.667. The molecule has 4 rings (SSSR count). The first-order valence-corrected chi connectivity index (χ1v) is 10.5. The summed E-state index contributed by atoms with van der Waals surface area (Å²) in [5.74, 6) is 1.80. The Balaban J connectivity index is 1.60. The molecule has 1 fully saturated rings. The molecule has 2 aliphatic rings. The Hall–Kier alpha value is -2.15. The second kappa shape index (κ2) is 8.47. The maximum Gasteiger partial charge on any atom is 0.247 e. The Labute approximate surface area is 166 Å². The third-order valence-corrected chi connectivity index (χ3v) is 5.88. The maximum atomic E-state index is 13.1. The second-order valence-corrected chi connectivity index (χ2v) is 7.81. The van der Waals surface area contributed by atoms with Crippen LogP contribution in [0.3, 0.4) is 0 Å². The van der Waals surface area contributed by atoms with E-state index >= 15 is 0 Å². The van der Waals surface area contributed by atoms with Crippen molar-refractivity contribution in [2.75, 3.05) is 19.8 Å². The van der Waals surface area contributed by atoms with Crippen molar-refractivity contribution in [3.63, 3.8) is 0 Å². The van der Waals surface area contributed by atoms with Gasteiger partial charge < -0.3 is 14.1 Å². The number of ether oxygens (including phenoxy) is 1. The lowest BCUT2D eigenvalue weighted by atomic mass is 9.87.